The van der Waals surface area contributed by atoms with Crippen LogP contribution < -0.4 is 0 Å². The lowest BCUT2D eigenvalue weighted by atomic mass is 10.1. The second kappa shape index (κ2) is 6.33. The lowest BCUT2D eigenvalue weighted by Gasteiger charge is -2.09. The topological polar surface area (TPSA) is 83.8 Å². The van der Waals surface area contributed by atoms with E-state index in [9.17, 15) is 0 Å². The summed E-state index contributed by atoms with van der Waals surface area (Å²) in [7, 11) is 0. The van der Waals surface area contributed by atoms with Crippen LogP contribution in [-0.2, 0) is 17.9 Å². The molecule has 5 rings (SSSR count). The van der Waals surface area contributed by atoms with Gasteiger partial charge in [-0.3, -0.25) is 4.57 Å². The minimum absolute atomic E-state index is 0.377. The molecule has 0 spiro atoms. The van der Waals surface area contributed by atoms with Crippen molar-refractivity contribution in [3.8, 4) is 28.7 Å². The molecule has 4 aromatic rings. The number of imidazole rings is 1. The van der Waals surface area contributed by atoms with E-state index in [-0.39, 0.29) is 0 Å². The zero-order valence-corrected chi connectivity index (χ0v) is 15.2. The quantitative estimate of drug-likeness (QED) is 0.474. The molecule has 0 atom stereocenters. The highest BCUT2D eigenvalue weighted by atomic mass is 35.5. The SMILES string of the molecule is CCOCc1nnc2n1Cc1c(-c3ncco3)ncn1-c1ccc(Cl)cc1-2. The van der Waals surface area contributed by atoms with E-state index in [2.05, 4.69) is 20.2 Å². The van der Waals surface area contributed by atoms with Gasteiger partial charge in [0.25, 0.3) is 0 Å². The minimum atomic E-state index is 0.377. The molecular weight excluding hydrogens is 368 g/mol. The monoisotopic (exact) mass is 382 g/mol. The van der Waals surface area contributed by atoms with Crippen molar-refractivity contribution in [1.29, 1.82) is 0 Å². The summed E-state index contributed by atoms with van der Waals surface area (Å²) in [6.45, 7) is 3.44. The number of aromatic nitrogens is 6. The van der Waals surface area contributed by atoms with Crippen LogP contribution in [0.25, 0.3) is 28.7 Å². The molecule has 0 radical (unpaired) electrons. The van der Waals surface area contributed by atoms with Crippen molar-refractivity contribution >= 4 is 11.6 Å². The number of halogens is 1. The summed E-state index contributed by atoms with van der Waals surface area (Å²) in [6, 6.07) is 5.69. The summed E-state index contributed by atoms with van der Waals surface area (Å²) in [5.41, 5.74) is 3.42. The largest absolute Gasteiger partial charge is 0.443 e. The number of hydrogen-bond acceptors (Lipinski definition) is 6. The van der Waals surface area contributed by atoms with E-state index in [1.54, 1.807) is 12.5 Å². The minimum Gasteiger partial charge on any atom is -0.443 e. The van der Waals surface area contributed by atoms with E-state index in [1.807, 2.05) is 34.3 Å². The van der Waals surface area contributed by atoms with Gasteiger partial charge in [-0.05, 0) is 25.1 Å². The summed E-state index contributed by atoms with van der Waals surface area (Å²) in [5, 5.41) is 9.37. The van der Waals surface area contributed by atoms with Crippen molar-refractivity contribution < 1.29 is 9.15 Å². The van der Waals surface area contributed by atoms with Crippen LogP contribution in [0, 0.1) is 0 Å². The highest BCUT2D eigenvalue weighted by Gasteiger charge is 2.27. The Kier molecular flexibility index (Phi) is 3.80. The molecule has 27 heavy (non-hydrogen) atoms. The van der Waals surface area contributed by atoms with E-state index in [0.29, 0.717) is 36.4 Å². The van der Waals surface area contributed by atoms with Crippen molar-refractivity contribution in [3.63, 3.8) is 0 Å². The Morgan fingerprint density at radius 3 is 3.00 bits per heavy atom. The Hall–Kier alpha value is -2.97. The first-order valence-electron chi connectivity index (χ1n) is 8.52. The second-order valence-corrected chi connectivity index (χ2v) is 6.51. The average Bonchev–Trinajstić information content (AvgIpc) is 3.39. The van der Waals surface area contributed by atoms with E-state index < -0.39 is 0 Å². The zero-order chi connectivity index (χ0) is 18.4. The molecule has 0 aliphatic carbocycles. The molecule has 0 saturated carbocycles. The third kappa shape index (κ3) is 2.56. The Morgan fingerprint density at radius 1 is 1.26 bits per heavy atom. The third-order valence-corrected chi connectivity index (χ3v) is 4.77. The molecular formula is C18H15ClN6O2. The van der Waals surface area contributed by atoms with Crippen LogP contribution in [0.2, 0.25) is 5.02 Å². The summed E-state index contributed by atoms with van der Waals surface area (Å²) in [6.07, 6.45) is 4.91. The van der Waals surface area contributed by atoms with Crippen molar-refractivity contribution in [2.75, 3.05) is 6.61 Å². The van der Waals surface area contributed by atoms with E-state index in [0.717, 1.165) is 28.6 Å². The maximum Gasteiger partial charge on any atom is 0.246 e. The van der Waals surface area contributed by atoms with Gasteiger partial charge in [-0.15, -0.1) is 10.2 Å². The smallest absolute Gasteiger partial charge is 0.246 e. The number of benzene rings is 1. The van der Waals surface area contributed by atoms with Crippen LogP contribution in [0.4, 0.5) is 0 Å². The first-order valence-corrected chi connectivity index (χ1v) is 8.90. The van der Waals surface area contributed by atoms with Gasteiger partial charge in [-0.2, -0.15) is 0 Å². The average molecular weight is 383 g/mol. The van der Waals surface area contributed by atoms with Crippen LogP contribution in [0.5, 0.6) is 0 Å². The summed E-state index contributed by atoms with van der Waals surface area (Å²) < 4.78 is 15.1. The molecule has 9 heteroatoms. The molecule has 0 saturated heterocycles. The van der Waals surface area contributed by atoms with Crippen LogP contribution in [-0.4, -0.2) is 35.9 Å². The van der Waals surface area contributed by atoms with Gasteiger partial charge in [0, 0.05) is 17.2 Å². The molecule has 8 nitrogen and oxygen atoms in total. The normalized spacial score (nSPS) is 12.4. The van der Waals surface area contributed by atoms with Gasteiger partial charge < -0.3 is 13.7 Å². The fourth-order valence-corrected chi connectivity index (χ4v) is 3.47. The standard InChI is InChI=1S/C18H15ClN6O2/c1-2-26-9-15-22-23-17-12-7-11(19)3-4-13(12)25-10-21-16(14(25)8-24(15)17)18-20-5-6-27-18/h3-7,10H,2,8-9H2,1H3. The molecule has 136 valence electrons. The second-order valence-electron chi connectivity index (χ2n) is 6.07. The number of ether oxygens (including phenoxy) is 1. The van der Waals surface area contributed by atoms with Gasteiger partial charge in [-0.1, -0.05) is 11.6 Å². The Bertz CT molecular complexity index is 1120. The van der Waals surface area contributed by atoms with E-state index in [1.165, 1.54) is 6.26 Å². The van der Waals surface area contributed by atoms with Crippen molar-refractivity contribution in [2.45, 2.75) is 20.1 Å². The fourth-order valence-electron chi connectivity index (χ4n) is 3.30. The van der Waals surface area contributed by atoms with Gasteiger partial charge in [0.2, 0.25) is 5.89 Å². The molecule has 0 fully saturated rings. The number of fused-ring (bicyclic) bond motifs is 5. The molecule has 1 aliphatic rings. The van der Waals surface area contributed by atoms with Gasteiger partial charge in [0.1, 0.15) is 24.9 Å². The number of nitrogens with zero attached hydrogens (tertiary/aromatic N) is 6. The van der Waals surface area contributed by atoms with Crippen LogP contribution in [0.15, 0.2) is 41.4 Å². The maximum atomic E-state index is 6.27. The van der Waals surface area contributed by atoms with Crippen LogP contribution in [0.3, 0.4) is 0 Å². The maximum absolute atomic E-state index is 6.27. The summed E-state index contributed by atoms with van der Waals surface area (Å²) >= 11 is 6.27. The van der Waals surface area contributed by atoms with Crippen LogP contribution >= 0.6 is 11.6 Å². The van der Waals surface area contributed by atoms with E-state index >= 15 is 0 Å². The summed E-state index contributed by atoms with van der Waals surface area (Å²) in [4.78, 5) is 8.80. The van der Waals surface area contributed by atoms with E-state index in [4.69, 9.17) is 20.8 Å². The molecule has 4 heterocycles. The molecule has 0 unspecified atom stereocenters. The van der Waals surface area contributed by atoms with Gasteiger partial charge in [0.15, 0.2) is 11.6 Å². The van der Waals surface area contributed by atoms with Crippen molar-refractivity contribution in [3.05, 3.63) is 53.5 Å². The lowest BCUT2D eigenvalue weighted by molar-refractivity contribution is 0.125. The Morgan fingerprint density at radius 2 is 2.19 bits per heavy atom. The molecule has 1 aromatic carbocycles. The predicted molar refractivity (Wildman–Crippen MR) is 97.5 cm³/mol. The summed E-state index contributed by atoms with van der Waals surface area (Å²) in [5.74, 6) is 1.96. The molecule has 0 bridgehead atoms. The zero-order valence-electron chi connectivity index (χ0n) is 14.5. The number of rotatable bonds is 4. The Labute approximate surface area is 159 Å². The highest BCUT2D eigenvalue weighted by Crippen LogP contribution is 2.36. The van der Waals surface area contributed by atoms with Gasteiger partial charge >= 0.3 is 0 Å². The third-order valence-electron chi connectivity index (χ3n) is 4.53. The van der Waals surface area contributed by atoms with Crippen LogP contribution in [0.1, 0.15) is 18.4 Å². The fraction of sp³-hybridized carbons (Fsp3) is 0.222. The molecule has 0 amide bonds. The highest BCUT2D eigenvalue weighted by molar-refractivity contribution is 6.31. The number of hydrogen-bond donors (Lipinski definition) is 0. The lowest BCUT2D eigenvalue weighted by Crippen LogP contribution is -2.09. The number of oxazole rings is 1. The van der Waals surface area contributed by atoms with Gasteiger partial charge in [-0.25, -0.2) is 9.97 Å². The first kappa shape index (κ1) is 16.2. The molecule has 0 N–H and O–H groups in total. The Balaban J connectivity index is 1.76. The molecule has 1 aliphatic heterocycles. The molecule has 3 aromatic heterocycles. The van der Waals surface area contributed by atoms with Gasteiger partial charge in [0.05, 0.1) is 24.1 Å². The van der Waals surface area contributed by atoms with Crippen molar-refractivity contribution in [1.82, 2.24) is 29.3 Å². The predicted octanol–water partition coefficient (Wildman–Crippen LogP) is 3.34. The van der Waals surface area contributed by atoms with Crippen molar-refractivity contribution in [2.24, 2.45) is 0 Å². The first-order chi connectivity index (χ1) is 13.3.